The fourth-order valence-electron chi connectivity index (χ4n) is 3.51. The Labute approximate surface area is 221 Å². The van der Waals surface area contributed by atoms with Gasteiger partial charge in [0.1, 0.15) is 23.3 Å². The molecule has 3 rings (SSSR count). The normalized spacial score (nSPS) is 13.5. The monoisotopic (exact) mass is 545 g/mol. The summed E-state index contributed by atoms with van der Waals surface area (Å²) in [4.78, 5) is 25.5. The van der Waals surface area contributed by atoms with Gasteiger partial charge >= 0.3 is 19.5 Å². The summed E-state index contributed by atoms with van der Waals surface area (Å²) in [5.41, 5.74) is 0.718. The van der Waals surface area contributed by atoms with Crippen LogP contribution in [-0.2, 0) is 29.7 Å². The average Bonchev–Trinajstić information content (AvgIpc) is 3.32. The summed E-state index contributed by atoms with van der Waals surface area (Å²) in [6, 6.07) is 15.2. The molecule has 8 nitrogen and oxygen atoms in total. The molecule has 198 valence electrons. The highest BCUT2D eigenvalue weighted by atomic mass is 32.1. The Morgan fingerprint density at radius 1 is 1.11 bits per heavy atom. The number of carbonyl (C=O) groups excluding carboxylic acids is 2. The second-order valence-corrected chi connectivity index (χ2v) is 11.4. The molecule has 0 saturated heterocycles. The van der Waals surface area contributed by atoms with Crippen molar-refractivity contribution in [2.75, 3.05) is 26.9 Å². The first-order chi connectivity index (χ1) is 17.9. The summed E-state index contributed by atoms with van der Waals surface area (Å²) >= 11 is 1.32. The molecule has 0 aliphatic carbocycles. The molecule has 0 saturated carbocycles. The lowest BCUT2D eigenvalue weighted by atomic mass is 10.2. The van der Waals surface area contributed by atoms with Crippen molar-refractivity contribution in [2.24, 2.45) is 0 Å². The van der Waals surface area contributed by atoms with E-state index < -0.39 is 25.5 Å². The molecule has 0 aliphatic heterocycles. The highest BCUT2D eigenvalue weighted by molar-refractivity contribution is 7.56. The van der Waals surface area contributed by atoms with Crippen LogP contribution in [0.4, 0.5) is 0 Å². The van der Waals surface area contributed by atoms with Gasteiger partial charge in [-0.1, -0.05) is 43.8 Å². The third-order valence-electron chi connectivity index (χ3n) is 5.20. The lowest BCUT2D eigenvalue weighted by Gasteiger charge is -2.25. The van der Waals surface area contributed by atoms with Crippen LogP contribution in [-0.4, -0.2) is 44.9 Å². The Hall–Kier alpha value is -2.97. The predicted molar refractivity (Wildman–Crippen MR) is 145 cm³/mol. The summed E-state index contributed by atoms with van der Waals surface area (Å²) < 4.78 is 36.7. The summed E-state index contributed by atoms with van der Waals surface area (Å²) in [5, 5.41) is 3.78. The molecule has 0 bridgehead atoms. The van der Waals surface area contributed by atoms with Gasteiger partial charge in [-0.3, -0.25) is 9.36 Å². The Morgan fingerprint density at radius 3 is 2.59 bits per heavy atom. The van der Waals surface area contributed by atoms with Crippen molar-refractivity contribution < 1.29 is 32.9 Å². The van der Waals surface area contributed by atoms with Crippen LogP contribution in [0, 0.1) is 0 Å². The molecule has 0 fully saturated rings. The van der Waals surface area contributed by atoms with E-state index in [4.69, 9.17) is 18.7 Å². The maximum atomic E-state index is 14.2. The minimum absolute atomic E-state index is 0.00840. The topological polar surface area (TPSA) is 100 Å². The maximum Gasteiger partial charge on any atom is 0.348 e. The zero-order chi connectivity index (χ0) is 26.7. The van der Waals surface area contributed by atoms with Gasteiger partial charge in [-0.15, -0.1) is 11.3 Å². The van der Waals surface area contributed by atoms with Crippen LogP contribution in [0.25, 0.3) is 10.1 Å². The molecule has 37 heavy (non-hydrogen) atoms. The van der Waals surface area contributed by atoms with Crippen LogP contribution in [0.5, 0.6) is 5.75 Å². The van der Waals surface area contributed by atoms with Gasteiger partial charge in [0.25, 0.3) is 0 Å². The number of fused-ring (bicyclic) bond motifs is 1. The zero-order valence-corrected chi connectivity index (χ0v) is 22.7. The molecule has 10 heteroatoms. The quantitative estimate of drug-likeness (QED) is 0.142. The molecule has 0 spiro atoms. The Balaban J connectivity index is 1.89. The molecule has 1 aromatic heterocycles. The molecule has 2 aromatic carbocycles. The number of ether oxygens (including phenoxy) is 3. The van der Waals surface area contributed by atoms with Crippen LogP contribution < -0.4 is 9.61 Å². The highest BCUT2D eigenvalue weighted by Crippen LogP contribution is 2.47. The van der Waals surface area contributed by atoms with Crippen molar-refractivity contribution in [1.82, 2.24) is 5.09 Å². The smallest absolute Gasteiger partial charge is 0.348 e. The van der Waals surface area contributed by atoms with Crippen LogP contribution in [0.3, 0.4) is 0 Å². The van der Waals surface area contributed by atoms with Gasteiger partial charge in [-0.05, 0) is 54.1 Å². The number of nitrogens with one attached hydrogen (secondary N) is 1. The molecule has 0 aliphatic rings. The predicted octanol–water partition coefficient (Wildman–Crippen LogP) is 5.96. The van der Waals surface area contributed by atoms with Crippen molar-refractivity contribution in [3.05, 3.63) is 77.7 Å². The summed E-state index contributed by atoms with van der Waals surface area (Å²) in [6.45, 7) is 6.13. The number of para-hydroxylation sites is 1. The molecule has 0 radical (unpaired) electrons. The number of thiophene rings is 1. The van der Waals surface area contributed by atoms with E-state index in [1.807, 2.05) is 31.2 Å². The van der Waals surface area contributed by atoms with Crippen molar-refractivity contribution >= 4 is 40.9 Å². The van der Waals surface area contributed by atoms with E-state index >= 15 is 0 Å². The van der Waals surface area contributed by atoms with Crippen molar-refractivity contribution in [1.29, 1.82) is 0 Å². The zero-order valence-electron chi connectivity index (χ0n) is 21.0. The number of benzene rings is 2. The fourth-order valence-corrected chi connectivity index (χ4v) is 6.50. The maximum absolute atomic E-state index is 14.2. The van der Waals surface area contributed by atoms with Gasteiger partial charge in [-0.2, -0.15) is 0 Å². The second-order valence-electron chi connectivity index (χ2n) is 8.24. The Bertz CT molecular complexity index is 1240. The minimum Gasteiger partial charge on any atom is -0.465 e. The lowest BCUT2D eigenvalue weighted by molar-refractivity contribution is -0.146. The number of methoxy groups -OCH3 is 1. The third-order valence-corrected chi connectivity index (χ3v) is 8.29. The van der Waals surface area contributed by atoms with Crippen LogP contribution in [0.15, 0.2) is 67.3 Å². The van der Waals surface area contributed by atoms with Gasteiger partial charge in [0.15, 0.2) is 0 Å². The number of carbonyl (C=O) groups is 2. The van der Waals surface area contributed by atoms with Crippen molar-refractivity contribution in [3.8, 4) is 5.75 Å². The van der Waals surface area contributed by atoms with E-state index in [1.165, 1.54) is 24.5 Å². The van der Waals surface area contributed by atoms with Gasteiger partial charge in [-0.25, -0.2) is 9.88 Å². The summed E-state index contributed by atoms with van der Waals surface area (Å²) in [5.74, 6) is -0.518. The minimum atomic E-state index is -3.66. The van der Waals surface area contributed by atoms with E-state index in [0.717, 1.165) is 15.6 Å². The second kappa shape index (κ2) is 14.1. The average molecular weight is 546 g/mol. The first-order valence-electron chi connectivity index (χ1n) is 11.9. The SMILES string of the molecule is C=CCOC(=O)c1cc2cc(CP(=O)(N[C@@H](CCOC)C(=O)OCCC)Oc3ccccc3)ccc2s1. The van der Waals surface area contributed by atoms with E-state index in [-0.39, 0.29) is 32.4 Å². The van der Waals surface area contributed by atoms with Gasteiger partial charge in [0.05, 0.1) is 12.8 Å². The van der Waals surface area contributed by atoms with E-state index in [2.05, 4.69) is 11.7 Å². The fraction of sp³-hybridized carbons (Fsp3) is 0.333. The van der Waals surface area contributed by atoms with Gasteiger partial charge < -0.3 is 18.7 Å². The molecule has 3 aromatic rings. The standard InChI is InChI=1S/C27H32NO7PS/c1-4-14-33-26(29)23(13-16-32-3)28-36(31,35-22-9-7-6-8-10-22)19-20-11-12-24-21(17-20)18-25(37-24)27(30)34-15-5-2/h5-12,17-18,23H,2,4,13-16,19H2,1,3H3,(H,28,31)/t23-,36?/m0/s1. The van der Waals surface area contributed by atoms with Gasteiger partial charge in [0, 0.05) is 18.4 Å². The van der Waals surface area contributed by atoms with E-state index in [9.17, 15) is 14.2 Å². The molecule has 2 atom stereocenters. The van der Waals surface area contributed by atoms with E-state index in [0.29, 0.717) is 17.0 Å². The number of esters is 2. The number of hydrogen-bond acceptors (Lipinski definition) is 8. The first kappa shape index (κ1) is 28.6. The largest absolute Gasteiger partial charge is 0.465 e. The lowest BCUT2D eigenvalue weighted by Crippen LogP contribution is -2.38. The third kappa shape index (κ3) is 8.54. The molecular weight excluding hydrogens is 513 g/mol. The van der Waals surface area contributed by atoms with Crippen molar-refractivity contribution in [2.45, 2.75) is 32.0 Å². The molecule has 0 amide bonds. The van der Waals surface area contributed by atoms with Gasteiger partial charge in [0.2, 0.25) is 0 Å². The molecule has 1 N–H and O–H groups in total. The number of hydrogen-bond donors (Lipinski definition) is 1. The molecular formula is C27H32NO7PS. The summed E-state index contributed by atoms with van der Waals surface area (Å²) in [6.07, 6.45) is 2.46. The van der Waals surface area contributed by atoms with Crippen LogP contribution in [0.2, 0.25) is 0 Å². The van der Waals surface area contributed by atoms with E-state index in [1.54, 1.807) is 30.3 Å². The van der Waals surface area contributed by atoms with Crippen LogP contribution >= 0.6 is 18.9 Å². The summed E-state index contributed by atoms with van der Waals surface area (Å²) in [7, 11) is -2.12. The van der Waals surface area contributed by atoms with Crippen molar-refractivity contribution in [3.63, 3.8) is 0 Å². The highest BCUT2D eigenvalue weighted by Gasteiger charge is 2.33. The Kier molecular flexibility index (Phi) is 10.9. The first-order valence-corrected chi connectivity index (χ1v) is 14.6. The Morgan fingerprint density at radius 2 is 1.89 bits per heavy atom. The van der Waals surface area contributed by atoms with Crippen LogP contribution in [0.1, 0.15) is 35.0 Å². The molecule has 1 unspecified atom stereocenters. The molecule has 1 heterocycles. The number of rotatable bonds is 15.